The van der Waals surface area contributed by atoms with Gasteiger partial charge in [0.05, 0.1) is 44.8 Å². The predicted octanol–water partition coefficient (Wildman–Crippen LogP) is 7.52. The van der Waals surface area contributed by atoms with Crippen molar-refractivity contribution in [3.63, 3.8) is 0 Å². The van der Waals surface area contributed by atoms with E-state index in [1.807, 2.05) is 0 Å². The summed E-state index contributed by atoms with van der Waals surface area (Å²) < 4.78 is 55.8. The van der Waals surface area contributed by atoms with Crippen molar-refractivity contribution >= 4 is 28.5 Å². The molecule has 0 bridgehead atoms. The maximum atomic E-state index is 7.03. The van der Waals surface area contributed by atoms with Crippen molar-refractivity contribution in [1.82, 2.24) is 0 Å². The van der Waals surface area contributed by atoms with Crippen LogP contribution in [0.25, 0.3) is 0 Å². The van der Waals surface area contributed by atoms with Crippen LogP contribution in [0.5, 0.6) is 0 Å². The molecule has 0 aromatic heterocycles. The van der Waals surface area contributed by atoms with Gasteiger partial charge in [-0.2, -0.15) is 0 Å². The van der Waals surface area contributed by atoms with E-state index in [9.17, 15) is 0 Å². The first-order chi connectivity index (χ1) is 20.7. The summed E-state index contributed by atoms with van der Waals surface area (Å²) in [5.41, 5.74) is -5.57. The van der Waals surface area contributed by atoms with Crippen molar-refractivity contribution < 1.29 is 37.2 Å². The molecule has 258 valence electrons. The van der Waals surface area contributed by atoms with Crippen molar-refractivity contribution in [3.8, 4) is 11.8 Å². The summed E-state index contributed by atoms with van der Waals surface area (Å²) in [6.45, 7) is 35.3. The molecule has 0 amide bonds. The summed E-state index contributed by atoms with van der Waals surface area (Å²) in [5.74, 6) is 6.87. The van der Waals surface area contributed by atoms with Gasteiger partial charge in [-0.3, -0.25) is 0 Å². The molecule has 8 nitrogen and oxygen atoms in total. The third-order valence-electron chi connectivity index (χ3n) is 12.6. The number of hydrogen-bond acceptors (Lipinski definition) is 8. The van der Waals surface area contributed by atoms with Gasteiger partial charge in [0.2, 0.25) is 0 Å². The van der Waals surface area contributed by atoms with Gasteiger partial charge in [0, 0.05) is 23.8 Å². The lowest BCUT2D eigenvalue weighted by Crippen LogP contribution is -2.59. The molecule has 0 radical (unpaired) electrons. The molecule has 0 aromatic carbocycles. The normalized spacial score (nSPS) is 28.2. The van der Waals surface area contributed by atoms with Gasteiger partial charge in [-0.25, -0.2) is 0 Å². The molecular weight excluding hydrogens is 580 g/mol. The maximum absolute atomic E-state index is 7.03. The van der Waals surface area contributed by atoms with Crippen LogP contribution in [0.1, 0.15) is 150 Å². The number of hydrogen-bond donors (Lipinski definition) is 0. The Bertz CT molecular complexity index is 1050. The lowest BCUT2D eigenvalue weighted by Gasteiger charge is -2.44. The summed E-state index contributed by atoms with van der Waals surface area (Å²) in [6.07, 6.45) is 4.10. The van der Waals surface area contributed by atoms with E-state index in [-0.39, 0.29) is 0 Å². The minimum atomic E-state index is -1.04. The van der Waals surface area contributed by atoms with Crippen molar-refractivity contribution in [1.29, 1.82) is 0 Å². The Labute approximate surface area is 282 Å². The Hall–Kier alpha value is -0.500. The van der Waals surface area contributed by atoms with Crippen LogP contribution in [0.3, 0.4) is 0 Å². The second-order valence-corrected chi connectivity index (χ2v) is 18.0. The monoisotopic (exact) mass is 642 g/mol. The second-order valence-electron chi connectivity index (χ2n) is 18.0. The molecule has 4 aliphatic rings. The Morgan fingerprint density at radius 1 is 0.457 bits per heavy atom. The smallest absolute Gasteiger partial charge is 0.403 e. The van der Waals surface area contributed by atoms with E-state index in [0.717, 1.165) is 19.3 Å². The fourth-order valence-electron chi connectivity index (χ4n) is 6.38. The highest BCUT2D eigenvalue weighted by Crippen LogP contribution is 2.63. The predicted molar refractivity (Wildman–Crippen MR) is 187 cm³/mol. The van der Waals surface area contributed by atoms with E-state index >= 15 is 0 Å². The van der Waals surface area contributed by atoms with Crippen LogP contribution in [0.2, 0.25) is 10.9 Å². The van der Waals surface area contributed by atoms with E-state index in [2.05, 4.69) is 130 Å². The molecule has 0 aromatic rings. The molecule has 0 spiro atoms. The number of unbranched alkanes of at least 4 members (excludes halogenated alkanes) is 2. The molecule has 4 fully saturated rings. The van der Waals surface area contributed by atoms with Crippen LogP contribution in [-0.4, -0.2) is 73.3 Å². The van der Waals surface area contributed by atoms with Crippen LogP contribution < -0.4 is 0 Å². The molecule has 4 heterocycles. The van der Waals surface area contributed by atoms with Gasteiger partial charge in [-0.05, 0) is 124 Å². The Morgan fingerprint density at radius 2 is 0.739 bits per heavy atom. The Balaban J connectivity index is 1.99. The van der Waals surface area contributed by atoms with E-state index in [4.69, 9.17) is 37.2 Å². The van der Waals surface area contributed by atoms with Gasteiger partial charge >= 0.3 is 28.5 Å². The Morgan fingerprint density at radius 3 is 1.04 bits per heavy atom. The lowest BCUT2D eigenvalue weighted by molar-refractivity contribution is 0.00578. The molecule has 0 N–H and O–H groups in total. The van der Waals surface area contributed by atoms with E-state index in [1.165, 1.54) is 0 Å². The average Bonchev–Trinajstić information content (AvgIpc) is 3.40. The van der Waals surface area contributed by atoms with Gasteiger partial charge in [0.15, 0.2) is 0 Å². The molecule has 0 unspecified atom stereocenters. The van der Waals surface area contributed by atoms with E-state index < -0.39 is 84.2 Å². The summed E-state index contributed by atoms with van der Waals surface area (Å²) in [5, 5.41) is -1.04. The van der Waals surface area contributed by atoms with Crippen LogP contribution >= 0.6 is 0 Å². The van der Waals surface area contributed by atoms with Crippen LogP contribution in [-0.2, 0) is 37.2 Å². The van der Waals surface area contributed by atoms with Crippen molar-refractivity contribution in [2.45, 2.75) is 206 Å². The highest BCUT2D eigenvalue weighted by Gasteiger charge is 2.78. The third kappa shape index (κ3) is 6.43. The average molecular weight is 642 g/mol. The lowest BCUT2D eigenvalue weighted by atomic mass is 9.22. The quantitative estimate of drug-likeness (QED) is 0.145. The molecule has 0 atom stereocenters. The first-order valence-electron chi connectivity index (χ1n) is 17.6. The number of rotatable bonds is 9. The van der Waals surface area contributed by atoms with Gasteiger partial charge in [0.25, 0.3) is 0 Å². The van der Waals surface area contributed by atoms with Crippen molar-refractivity contribution in [2.75, 3.05) is 0 Å². The molecule has 4 aliphatic heterocycles. The highest BCUT2D eigenvalue weighted by molar-refractivity contribution is 6.81. The highest BCUT2D eigenvalue weighted by atomic mass is 16.7. The zero-order valence-corrected chi connectivity index (χ0v) is 32.2. The van der Waals surface area contributed by atoms with Crippen LogP contribution in [0, 0.1) is 11.8 Å². The van der Waals surface area contributed by atoms with Gasteiger partial charge in [-0.15, -0.1) is 11.8 Å². The molecule has 0 aliphatic carbocycles. The Kier molecular flexibility index (Phi) is 10.1. The SMILES string of the molecule is CCCCC#CCCC(B1OC(C)(C)C(C)(C)O1)(B1OC(C)(C)C(C)(C)O1)C(B1OC(C)(C)C(C)(C)O1)B1OC(C)(C)C(C)(C)O1. The zero-order chi connectivity index (χ0) is 35.0. The third-order valence-corrected chi connectivity index (χ3v) is 12.6. The maximum Gasteiger partial charge on any atom is 0.461 e. The molecule has 0 saturated carbocycles. The molecule has 4 rings (SSSR count). The minimum Gasteiger partial charge on any atom is -0.403 e. The summed E-state index contributed by atoms with van der Waals surface area (Å²) >= 11 is 0. The molecule has 12 heteroatoms. The standard InChI is InChI=1S/C34H62B4O8/c1-18-19-20-21-22-23-24-34(37-43-30(10,11)31(12,13)44-37,38-45-32(14,15)33(16,17)46-38)25(35-39-26(2,3)27(4,5)40-35)36-41-28(6,7)29(8,9)42-36/h25H,18-20,23-24H2,1-17H3. The molecule has 4 saturated heterocycles. The first kappa shape index (κ1) is 38.3. The zero-order valence-electron chi connectivity index (χ0n) is 32.2. The van der Waals surface area contributed by atoms with Gasteiger partial charge in [0.1, 0.15) is 0 Å². The minimum absolute atomic E-state index is 0.512. The fraction of sp³-hybridized carbons (Fsp3) is 0.941. The molecular formula is C34H62B4O8. The van der Waals surface area contributed by atoms with Gasteiger partial charge < -0.3 is 37.2 Å². The van der Waals surface area contributed by atoms with Crippen LogP contribution in [0.4, 0.5) is 0 Å². The van der Waals surface area contributed by atoms with Crippen molar-refractivity contribution in [3.05, 3.63) is 0 Å². The summed E-state index contributed by atoms with van der Waals surface area (Å²) in [7, 11) is -3.09. The molecule has 46 heavy (non-hydrogen) atoms. The first-order valence-corrected chi connectivity index (χ1v) is 17.6. The van der Waals surface area contributed by atoms with E-state index in [1.54, 1.807) is 0 Å². The van der Waals surface area contributed by atoms with Crippen molar-refractivity contribution in [2.24, 2.45) is 0 Å². The second kappa shape index (κ2) is 12.1. The summed E-state index contributed by atoms with van der Waals surface area (Å²) in [6, 6.07) is 0. The van der Waals surface area contributed by atoms with Gasteiger partial charge in [-0.1, -0.05) is 13.3 Å². The summed E-state index contributed by atoms with van der Waals surface area (Å²) in [4.78, 5) is 0. The largest absolute Gasteiger partial charge is 0.461 e. The fourth-order valence-corrected chi connectivity index (χ4v) is 6.38. The van der Waals surface area contributed by atoms with Crippen LogP contribution in [0.15, 0.2) is 0 Å². The topological polar surface area (TPSA) is 73.8 Å². The van der Waals surface area contributed by atoms with E-state index in [0.29, 0.717) is 12.8 Å².